The highest BCUT2D eigenvalue weighted by atomic mass is 35.5. The summed E-state index contributed by atoms with van der Waals surface area (Å²) in [6, 6.07) is 0.248. The van der Waals surface area contributed by atoms with Crippen molar-refractivity contribution in [3.63, 3.8) is 0 Å². The molecule has 8 heteroatoms. The Hall–Kier alpha value is -1.63. The van der Waals surface area contributed by atoms with Gasteiger partial charge >= 0.3 is 0 Å². The molecule has 1 rings (SSSR count). The Bertz CT molecular complexity index is 484. The van der Waals surface area contributed by atoms with Crippen molar-refractivity contribution in [1.29, 1.82) is 0 Å². The van der Waals surface area contributed by atoms with Gasteiger partial charge in [-0.25, -0.2) is 5.01 Å². The first-order chi connectivity index (χ1) is 9.87. The van der Waals surface area contributed by atoms with E-state index in [2.05, 4.69) is 32.6 Å². The number of halogens is 1. The van der Waals surface area contributed by atoms with Crippen LogP contribution < -0.4 is 15.8 Å². The van der Waals surface area contributed by atoms with Crippen molar-refractivity contribution in [2.75, 3.05) is 10.3 Å². The van der Waals surface area contributed by atoms with E-state index in [1.807, 2.05) is 20.8 Å². The summed E-state index contributed by atoms with van der Waals surface area (Å²) in [6.07, 6.45) is 1.75. The maximum atomic E-state index is 11.4. The van der Waals surface area contributed by atoms with Crippen LogP contribution in [0.5, 0.6) is 0 Å². The zero-order valence-corrected chi connectivity index (χ0v) is 13.9. The third-order valence-corrected chi connectivity index (χ3v) is 3.28. The van der Waals surface area contributed by atoms with E-state index >= 15 is 0 Å². The van der Waals surface area contributed by atoms with Crippen LogP contribution in [-0.2, 0) is 4.79 Å². The third kappa shape index (κ3) is 5.34. The topological polar surface area (TPSA) is 83.0 Å². The second-order valence-electron chi connectivity index (χ2n) is 4.98. The van der Waals surface area contributed by atoms with E-state index in [0.717, 1.165) is 12.8 Å². The molecule has 0 unspecified atom stereocenters. The first-order valence-electron chi connectivity index (χ1n) is 7.11. The molecule has 0 aliphatic heterocycles. The molecular weight excluding hydrogens is 292 g/mol. The fourth-order valence-electron chi connectivity index (χ4n) is 1.54. The van der Waals surface area contributed by atoms with Crippen molar-refractivity contribution >= 4 is 29.4 Å². The van der Waals surface area contributed by atoms with Gasteiger partial charge < -0.3 is 5.32 Å². The van der Waals surface area contributed by atoms with Crippen LogP contribution in [0.1, 0.15) is 47.5 Å². The molecule has 0 saturated carbocycles. The number of nitrogens with zero attached hydrogens (tertiary/aromatic N) is 4. The molecule has 0 spiro atoms. The summed E-state index contributed by atoms with van der Waals surface area (Å²) in [5.74, 6) is 0.534. The molecule has 0 aliphatic rings. The Morgan fingerprint density at radius 2 is 1.90 bits per heavy atom. The molecule has 0 aliphatic carbocycles. The second kappa shape index (κ2) is 7.97. The molecule has 1 aromatic heterocycles. The average molecular weight is 315 g/mol. The SMILES string of the molecule is CC[C@H](C)Nc1nc(Cl)nc(N(NC(C)=O)[C@@H](C)CC)n1. The van der Waals surface area contributed by atoms with Crippen molar-refractivity contribution in [2.45, 2.75) is 59.5 Å². The van der Waals surface area contributed by atoms with Gasteiger partial charge in [0.15, 0.2) is 0 Å². The van der Waals surface area contributed by atoms with E-state index in [4.69, 9.17) is 11.6 Å². The van der Waals surface area contributed by atoms with Gasteiger partial charge in [-0.3, -0.25) is 10.2 Å². The van der Waals surface area contributed by atoms with Crippen LogP contribution in [0.3, 0.4) is 0 Å². The Morgan fingerprint density at radius 1 is 1.24 bits per heavy atom. The van der Waals surface area contributed by atoms with E-state index < -0.39 is 0 Å². The Kier molecular flexibility index (Phi) is 6.61. The van der Waals surface area contributed by atoms with E-state index in [9.17, 15) is 4.79 Å². The molecule has 0 bridgehead atoms. The van der Waals surface area contributed by atoms with Crippen LogP contribution in [0, 0.1) is 0 Å². The number of hydrogen-bond acceptors (Lipinski definition) is 6. The predicted octanol–water partition coefficient (Wildman–Crippen LogP) is 2.39. The minimum Gasteiger partial charge on any atom is -0.352 e. The molecule has 1 amide bonds. The van der Waals surface area contributed by atoms with Crippen LogP contribution in [0.4, 0.5) is 11.9 Å². The number of hydrogen-bond donors (Lipinski definition) is 2. The van der Waals surface area contributed by atoms with E-state index in [-0.39, 0.29) is 23.3 Å². The van der Waals surface area contributed by atoms with Gasteiger partial charge in [0.2, 0.25) is 17.1 Å². The Balaban J connectivity index is 3.09. The molecule has 2 N–H and O–H groups in total. The number of rotatable bonds is 7. The van der Waals surface area contributed by atoms with Crippen molar-refractivity contribution in [3.05, 3.63) is 5.28 Å². The largest absolute Gasteiger partial charge is 0.352 e. The van der Waals surface area contributed by atoms with Gasteiger partial charge in [0.25, 0.3) is 5.95 Å². The van der Waals surface area contributed by atoms with Crippen molar-refractivity contribution in [3.8, 4) is 0 Å². The number of anilines is 2. The predicted molar refractivity (Wildman–Crippen MR) is 84.3 cm³/mol. The van der Waals surface area contributed by atoms with Crippen LogP contribution in [0.15, 0.2) is 0 Å². The lowest BCUT2D eigenvalue weighted by molar-refractivity contribution is -0.119. The third-order valence-electron chi connectivity index (χ3n) is 3.11. The lowest BCUT2D eigenvalue weighted by Crippen LogP contribution is -2.47. The molecule has 0 radical (unpaired) electrons. The zero-order chi connectivity index (χ0) is 16.0. The number of aromatic nitrogens is 3. The molecule has 7 nitrogen and oxygen atoms in total. The van der Waals surface area contributed by atoms with Gasteiger partial charge in [0.1, 0.15) is 0 Å². The fraction of sp³-hybridized carbons (Fsp3) is 0.692. The monoisotopic (exact) mass is 314 g/mol. The lowest BCUT2D eigenvalue weighted by atomic mass is 10.2. The summed E-state index contributed by atoms with van der Waals surface area (Å²) < 4.78 is 0. The molecule has 0 saturated heterocycles. The molecule has 0 aromatic carbocycles. The summed E-state index contributed by atoms with van der Waals surface area (Å²) in [6.45, 7) is 9.51. The van der Waals surface area contributed by atoms with E-state index in [1.54, 1.807) is 5.01 Å². The van der Waals surface area contributed by atoms with Gasteiger partial charge in [-0.15, -0.1) is 0 Å². The van der Waals surface area contributed by atoms with Gasteiger partial charge in [-0.2, -0.15) is 15.0 Å². The highest BCUT2D eigenvalue weighted by Crippen LogP contribution is 2.16. The van der Waals surface area contributed by atoms with Gasteiger partial charge in [0, 0.05) is 13.0 Å². The maximum absolute atomic E-state index is 11.4. The fourth-order valence-corrected chi connectivity index (χ4v) is 1.70. The zero-order valence-electron chi connectivity index (χ0n) is 13.1. The van der Waals surface area contributed by atoms with Crippen molar-refractivity contribution < 1.29 is 4.79 Å². The Labute approximate surface area is 130 Å². The highest BCUT2D eigenvalue weighted by Gasteiger charge is 2.19. The summed E-state index contributed by atoms with van der Waals surface area (Å²) in [5.41, 5.74) is 2.72. The van der Waals surface area contributed by atoms with Gasteiger partial charge in [-0.05, 0) is 38.3 Å². The maximum Gasteiger partial charge on any atom is 0.250 e. The quantitative estimate of drug-likeness (QED) is 0.752. The molecule has 21 heavy (non-hydrogen) atoms. The first-order valence-corrected chi connectivity index (χ1v) is 7.49. The second-order valence-corrected chi connectivity index (χ2v) is 5.32. The van der Waals surface area contributed by atoms with Crippen LogP contribution in [0.25, 0.3) is 0 Å². The highest BCUT2D eigenvalue weighted by molar-refractivity contribution is 6.28. The van der Waals surface area contributed by atoms with Crippen LogP contribution in [-0.4, -0.2) is 32.9 Å². The van der Waals surface area contributed by atoms with Gasteiger partial charge in [0.05, 0.1) is 6.04 Å². The van der Waals surface area contributed by atoms with E-state index in [1.165, 1.54) is 6.92 Å². The molecule has 1 heterocycles. The minimum absolute atomic E-state index is 0.0313. The van der Waals surface area contributed by atoms with Crippen LogP contribution >= 0.6 is 11.6 Å². The molecule has 2 atom stereocenters. The average Bonchev–Trinajstić information content (AvgIpc) is 2.42. The molecule has 118 valence electrons. The van der Waals surface area contributed by atoms with E-state index in [0.29, 0.717) is 11.9 Å². The molecular formula is C13H23ClN6O. The van der Waals surface area contributed by atoms with Crippen molar-refractivity contribution in [1.82, 2.24) is 20.4 Å². The number of carbonyl (C=O) groups excluding carboxylic acids is 1. The Morgan fingerprint density at radius 3 is 2.43 bits per heavy atom. The van der Waals surface area contributed by atoms with Crippen molar-refractivity contribution in [2.24, 2.45) is 0 Å². The first kappa shape index (κ1) is 17.4. The number of hydrazine groups is 1. The smallest absolute Gasteiger partial charge is 0.250 e. The standard InChI is InChI=1S/C13H23ClN6O/c1-6-8(3)15-12-16-11(14)17-13(18-12)20(9(4)7-2)19-10(5)21/h8-9H,6-7H2,1-5H3,(H,19,21)(H,15,16,17,18)/t8-,9-/m0/s1. The number of carbonyl (C=O) groups is 1. The summed E-state index contributed by atoms with van der Waals surface area (Å²) >= 11 is 5.96. The summed E-state index contributed by atoms with van der Waals surface area (Å²) in [5, 5.41) is 4.85. The molecule has 1 aromatic rings. The minimum atomic E-state index is -0.191. The number of nitrogens with one attached hydrogen (secondary N) is 2. The summed E-state index contributed by atoms with van der Waals surface area (Å²) in [7, 11) is 0. The molecule has 0 fully saturated rings. The van der Waals surface area contributed by atoms with Gasteiger partial charge in [-0.1, -0.05) is 13.8 Å². The van der Waals surface area contributed by atoms with Crippen LogP contribution in [0.2, 0.25) is 5.28 Å². The normalized spacial score (nSPS) is 13.4. The number of amides is 1. The summed E-state index contributed by atoms with van der Waals surface area (Å²) in [4.78, 5) is 23.9. The lowest BCUT2D eigenvalue weighted by Gasteiger charge is -2.28.